The van der Waals surface area contributed by atoms with Gasteiger partial charge in [-0.2, -0.15) is 0 Å². The van der Waals surface area contributed by atoms with Crippen molar-refractivity contribution in [1.29, 1.82) is 0 Å². The van der Waals surface area contributed by atoms with Gasteiger partial charge in [-0.15, -0.1) is 0 Å². The highest BCUT2D eigenvalue weighted by atomic mass is 14.9. The first-order chi connectivity index (χ1) is 17.3. The summed E-state index contributed by atoms with van der Waals surface area (Å²) in [5.41, 5.74) is 8.36. The van der Waals surface area contributed by atoms with Crippen LogP contribution in [0.3, 0.4) is 0 Å². The standard InChI is InChI=1S/C18H24N2.C17H28/c1-14(2)13-15(3)19-17-9-11-18(12-10-17)20-16-7-5-4-6-8-16;1-8-13-9-10-14(16(2,3)4)12-15(11-13)17(5,6)7/h4-12,14-15,19-20H,13H2,1-3H3;10-12H,8-9H2,1-7H3. The fourth-order valence-corrected chi connectivity index (χ4v) is 4.38. The number of benzene rings is 2. The molecule has 0 fully saturated rings. The highest BCUT2D eigenvalue weighted by Gasteiger charge is 2.22. The molecule has 0 amide bonds. The molecule has 0 radical (unpaired) electrons. The molecule has 1 unspecified atom stereocenters. The van der Waals surface area contributed by atoms with Gasteiger partial charge in [-0.05, 0) is 90.5 Å². The third-order valence-electron chi connectivity index (χ3n) is 6.63. The highest BCUT2D eigenvalue weighted by Crippen LogP contribution is 2.36. The molecule has 3 rings (SSSR count). The lowest BCUT2D eigenvalue weighted by atomic mass is 9.80. The summed E-state index contributed by atoms with van der Waals surface area (Å²) in [4.78, 5) is 0. The van der Waals surface area contributed by atoms with Crippen LogP contribution in [0.5, 0.6) is 0 Å². The maximum Gasteiger partial charge on any atom is 0.0385 e. The first-order valence-electron chi connectivity index (χ1n) is 14.1. The summed E-state index contributed by atoms with van der Waals surface area (Å²) in [6.45, 7) is 22.8. The van der Waals surface area contributed by atoms with Gasteiger partial charge in [0.2, 0.25) is 0 Å². The summed E-state index contributed by atoms with van der Waals surface area (Å²) in [6.07, 6.45) is 10.7. The molecule has 2 heteroatoms. The molecule has 0 aromatic heterocycles. The average molecular weight is 501 g/mol. The van der Waals surface area contributed by atoms with E-state index in [0.717, 1.165) is 30.1 Å². The average Bonchev–Trinajstić information content (AvgIpc) is 3.04. The first kappa shape index (κ1) is 30.5. The highest BCUT2D eigenvalue weighted by molar-refractivity contribution is 5.62. The van der Waals surface area contributed by atoms with Crippen LogP contribution in [0, 0.1) is 16.7 Å². The maximum atomic E-state index is 3.54. The molecule has 2 aromatic rings. The number of para-hydroxylation sites is 1. The molecule has 2 nitrogen and oxygen atoms in total. The van der Waals surface area contributed by atoms with Crippen LogP contribution >= 0.6 is 0 Å². The van der Waals surface area contributed by atoms with Gasteiger partial charge >= 0.3 is 0 Å². The summed E-state index contributed by atoms with van der Waals surface area (Å²) in [7, 11) is 0. The molecule has 0 saturated carbocycles. The van der Waals surface area contributed by atoms with Crippen LogP contribution in [0.1, 0.15) is 88.5 Å². The van der Waals surface area contributed by atoms with Crippen molar-refractivity contribution in [2.24, 2.45) is 16.7 Å². The zero-order chi connectivity index (χ0) is 27.6. The summed E-state index contributed by atoms with van der Waals surface area (Å²) >= 11 is 0. The predicted molar refractivity (Wildman–Crippen MR) is 167 cm³/mol. The molecule has 0 saturated heterocycles. The number of rotatable bonds is 7. The largest absolute Gasteiger partial charge is 0.383 e. The van der Waals surface area contributed by atoms with E-state index in [0.29, 0.717) is 6.04 Å². The Morgan fingerprint density at radius 1 is 0.703 bits per heavy atom. The fourth-order valence-electron chi connectivity index (χ4n) is 4.38. The fraction of sp³-hybridized carbons (Fsp3) is 0.486. The second-order valence-electron chi connectivity index (χ2n) is 12.9. The van der Waals surface area contributed by atoms with Gasteiger partial charge in [0.25, 0.3) is 0 Å². The maximum absolute atomic E-state index is 3.54. The van der Waals surface area contributed by atoms with E-state index >= 15 is 0 Å². The number of hydrogen-bond acceptors (Lipinski definition) is 2. The van der Waals surface area contributed by atoms with Crippen LogP contribution < -0.4 is 10.6 Å². The summed E-state index contributed by atoms with van der Waals surface area (Å²) in [5, 5.41) is 6.93. The van der Waals surface area contributed by atoms with E-state index in [1.165, 1.54) is 23.3 Å². The Hall–Kier alpha value is -2.74. The quantitative estimate of drug-likeness (QED) is 0.395. The molecule has 37 heavy (non-hydrogen) atoms. The molecule has 1 atom stereocenters. The van der Waals surface area contributed by atoms with Gasteiger partial charge in [-0.25, -0.2) is 0 Å². The monoisotopic (exact) mass is 500 g/mol. The van der Waals surface area contributed by atoms with Crippen molar-refractivity contribution < 1.29 is 0 Å². The second-order valence-corrected chi connectivity index (χ2v) is 12.9. The summed E-state index contributed by atoms with van der Waals surface area (Å²) in [5.74, 6) is 0.719. The molecule has 0 aliphatic heterocycles. The number of hydrogen-bond donors (Lipinski definition) is 2. The minimum absolute atomic E-state index is 0.231. The second kappa shape index (κ2) is 13.7. The Morgan fingerprint density at radius 2 is 1.24 bits per heavy atom. The number of allylic oxidation sites excluding steroid dienone is 6. The van der Waals surface area contributed by atoms with Crippen molar-refractivity contribution >= 4 is 17.1 Å². The Labute approximate surface area is 228 Å². The van der Waals surface area contributed by atoms with Crippen LogP contribution in [0.15, 0.2) is 89.5 Å². The summed E-state index contributed by atoms with van der Waals surface area (Å²) < 4.78 is 0. The van der Waals surface area contributed by atoms with Gasteiger partial charge in [-0.1, -0.05) is 104 Å². The van der Waals surface area contributed by atoms with Crippen molar-refractivity contribution in [3.63, 3.8) is 0 Å². The molecule has 2 N–H and O–H groups in total. The molecule has 2 aromatic carbocycles. The SMILES string of the molecule is CC(C)CC(C)Nc1ccc(Nc2ccccc2)cc1.CCC1=CC(C(C)(C)C)=CC(C(C)(C)C)=CC1. The van der Waals surface area contributed by atoms with Crippen molar-refractivity contribution in [3.8, 4) is 0 Å². The minimum Gasteiger partial charge on any atom is -0.383 e. The van der Waals surface area contributed by atoms with Crippen LogP contribution in [-0.2, 0) is 0 Å². The Morgan fingerprint density at radius 3 is 1.76 bits per heavy atom. The Balaban J connectivity index is 0.000000264. The van der Waals surface area contributed by atoms with E-state index in [9.17, 15) is 0 Å². The topological polar surface area (TPSA) is 24.1 Å². The van der Waals surface area contributed by atoms with Gasteiger partial charge in [0.15, 0.2) is 0 Å². The molecule has 1 aliphatic rings. The van der Waals surface area contributed by atoms with Crippen molar-refractivity contribution in [1.82, 2.24) is 0 Å². The lowest BCUT2D eigenvalue weighted by Gasteiger charge is -2.25. The predicted octanol–water partition coefficient (Wildman–Crippen LogP) is 10.9. The zero-order valence-corrected chi connectivity index (χ0v) is 25.2. The third-order valence-corrected chi connectivity index (χ3v) is 6.63. The first-order valence-corrected chi connectivity index (χ1v) is 14.1. The molecule has 0 spiro atoms. The van der Waals surface area contributed by atoms with Crippen LogP contribution in [0.4, 0.5) is 17.1 Å². The normalized spacial score (nSPS) is 14.9. The van der Waals surface area contributed by atoms with E-state index in [1.807, 2.05) is 18.2 Å². The number of anilines is 3. The Kier molecular flexibility index (Phi) is 11.3. The van der Waals surface area contributed by atoms with E-state index in [2.05, 4.69) is 134 Å². The van der Waals surface area contributed by atoms with Crippen molar-refractivity contribution in [3.05, 3.63) is 89.5 Å². The van der Waals surface area contributed by atoms with Gasteiger partial charge in [0.05, 0.1) is 0 Å². The smallest absolute Gasteiger partial charge is 0.0385 e. The van der Waals surface area contributed by atoms with Gasteiger partial charge in [0, 0.05) is 23.1 Å². The zero-order valence-electron chi connectivity index (χ0n) is 25.2. The lowest BCUT2D eigenvalue weighted by molar-refractivity contribution is 0.498. The molecule has 0 bridgehead atoms. The molecule has 1 aliphatic carbocycles. The van der Waals surface area contributed by atoms with Gasteiger partial charge in [-0.3, -0.25) is 0 Å². The van der Waals surface area contributed by atoms with Crippen molar-refractivity contribution in [2.45, 2.75) is 94.5 Å². The van der Waals surface area contributed by atoms with E-state index in [4.69, 9.17) is 0 Å². The van der Waals surface area contributed by atoms with E-state index in [-0.39, 0.29) is 10.8 Å². The van der Waals surface area contributed by atoms with Crippen LogP contribution in [0.2, 0.25) is 0 Å². The van der Waals surface area contributed by atoms with E-state index < -0.39 is 0 Å². The van der Waals surface area contributed by atoms with E-state index in [1.54, 1.807) is 5.57 Å². The summed E-state index contributed by atoms with van der Waals surface area (Å²) in [6, 6.07) is 19.2. The molecular weight excluding hydrogens is 448 g/mol. The van der Waals surface area contributed by atoms with Crippen LogP contribution in [-0.4, -0.2) is 6.04 Å². The Bertz CT molecular complexity index is 1040. The van der Waals surface area contributed by atoms with Gasteiger partial charge in [0.1, 0.15) is 0 Å². The molecular formula is C35H52N2. The van der Waals surface area contributed by atoms with Crippen LogP contribution in [0.25, 0.3) is 0 Å². The molecule has 0 heterocycles. The van der Waals surface area contributed by atoms with Crippen molar-refractivity contribution in [2.75, 3.05) is 10.6 Å². The van der Waals surface area contributed by atoms with Gasteiger partial charge < -0.3 is 10.6 Å². The third kappa shape index (κ3) is 11.0. The lowest BCUT2D eigenvalue weighted by Crippen LogP contribution is -2.17. The number of nitrogens with one attached hydrogen (secondary N) is 2. The minimum atomic E-state index is 0.231. The molecule has 202 valence electrons.